The van der Waals surface area contributed by atoms with E-state index >= 15 is 0 Å². The maximum absolute atomic E-state index is 13.9. The number of para-hydroxylation sites is 1. The van der Waals surface area contributed by atoms with Crippen molar-refractivity contribution in [3.63, 3.8) is 0 Å². The predicted octanol–water partition coefficient (Wildman–Crippen LogP) is 3.30. The molecule has 1 saturated heterocycles. The summed E-state index contributed by atoms with van der Waals surface area (Å²) >= 11 is 0. The van der Waals surface area contributed by atoms with Crippen molar-refractivity contribution in [3.8, 4) is 11.5 Å². The molecule has 0 aliphatic carbocycles. The number of rotatable bonds is 5. The van der Waals surface area contributed by atoms with Gasteiger partial charge in [-0.3, -0.25) is 5.01 Å². The van der Waals surface area contributed by atoms with Gasteiger partial charge in [-0.1, -0.05) is 18.2 Å². The standard InChI is InChI=1S/C22H22F2N6O/c23-16-4-1-5-17(24)20(16)31-15-8-6-13(7-9-15)19-18-21(25)27-12-28-22(18)30(29-19)11-14-3-2-10-26-14/h1,4-9,12,14,19,26,29H,2-3,10-11H2,(H2,25,27,28)/t14-,19?/m1/s1. The fourth-order valence-electron chi connectivity index (χ4n) is 4.11. The second-order valence-electron chi connectivity index (χ2n) is 7.68. The number of halogens is 2. The first-order valence-corrected chi connectivity index (χ1v) is 10.2. The van der Waals surface area contributed by atoms with Gasteiger partial charge in [0.05, 0.1) is 18.2 Å². The molecular weight excluding hydrogens is 402 g/mol. The highest BCUT2D eigenvalue weighted by Crippen LogP contribution is 2.39. The quantitative estimate of drug-likeness (QED) is 0.579. The predicted molar refractivity (Wildman–Crippen MR) is 113 cm³/mol. The molecule has 1 fully saturated rings. The number of nitrogens with one attached hydrogen (secondary N) is 2. The van der Waals surface area contributed by atoms with Crippen LogP contribution in [-0.4, -0.2) is 29.1 Å². The zero-order valence-electron chi connectivity index (χ0n) is 16.7. The van der Waals surface area contributed by atoms with E-state index in [-0.39, 0.29) is 6.04 Å². The van der Waals surface area contributed by atoms with Gasteiger partial charge in [-0.25, -0.2) is 24.2 Å². The molecule has 2 atom stereocenters. The lowest BCUT2D eigenvalue weighted by Gasteiger charge is -2.23. The second kappa shape index (κ2) is 8.09. The lowest BCUT2D eigenvalue weighted by molar-refractivity contribution is 0.407. The van der Waals surface area contributed by atoms with Crippen LogP contribution in [0.5, 0.6) is 11.5 Å². The lowest BCUT2D eigenvalue weighted by Crippen LogP contribution is -2.43. The zero-order chi connectivity index (χ0) is 21.4. The molecule has 160 valence electrons. The van der Waals surface area contributed by atoms with Gasteiger partial charge in [-0.15, -0.1) is 0 Å². The number of hydrazine groups is 1. The van der Waals surface area contributed by atoms with Crippen LogP contribution >= 0.6 is 0 Å². The summed E-state index contributed by atoms with van der Waals surface area (Å²) in [5, 5.41) is 5.50. The van der Waals surface area contributed by atoms with Crippen LogP contribution in [0.2, 0.25) is 0 Å². The molecule has 31 heavy (non-hydrogen) atoms. The summed E-state index contributed by atoms with van der Waals surface area (Å²) in [4.78, 5) is 8.61. The molecule has 0 bridgehead atoms. The first-order chi connectivity index (χ1) is 15.1. The van der Waals surface area contributed by atoms with Gasteiger partial charge in [-0.2, -0.15) is 0 Å². The molecule has 2 aliphatic heterocycles. The Kier molecular flexibility index (Phi) is 5.13. The number of hydrogen-bond acceptors (Lipinski definition) is 7. The van der Waals surface area contributed by atoms with Crippen molar-refractivity contribution in [2.45, 2.75) is 24.9 Å². The van der Waals surface area contributed by atoms with Gasteiger partial charge in [0, 0.05) is 6.04 Å². The number of benzene rings is 2. The summed E-state index contributed by atoms with van der Waals surface area (Å²) in [5.74, 6) is -0.422. The van der Waals surface area contributed by atoms with Crippen molar-refractivity contribution in [1.82, 2.24) is 20.7 Å². The zero-order valence-corrected chi connectivity index (χ0v) is 16.7. The highest BCUT2D eigenvalue weighted by Gasteiger charge is 2.34. The first kappa shape index (κ1) is 19.7. The van der Waals surface area contributed by atoms with E-state index in [1.807, 2.05) is 17.1 Å². The van der Waals surface area contributed by atoms with Crippen LogP contribution in [0.3, 0.4) is 0 Å². The Bertz CT molecular complexity index is 1070. The largest absolute Gasteiger partial charge is 0.451 e. The van der Waals surface area contributed by atoms with E-state index in [1.165, 1.54) is 12.4 Å². The Balaban J connectivity index is 1.40. The van der Waals surface area contributed by atoms with E-state index in [0.29, 0.717) is 17.6 Å². The van der Waals surface area contributed by atoms with Crippen LogP contribution in [0, 0.1) is 11.6 Å². The van der Waals surface area contributed by atoms with Crippen molar-refractivity contribution in [2.24, 2.45) is 0 Å². The summed E-state index contributed by atoms with van der Waals surface area (Å²) in [5.41, 5.74) is 11.4. The van der Waals surface area contributed by atoms with Gasteiger partial charge in [0.1, 0.15) is 17.9 Å². The monoisotopic (exact) mass is 424 g/mol. The molecule has 0 saturated carbocycles. The molecule has 1 aromatic heterocycles. The minimum Gasteiger partial charge on any atom is -0.451 e. The van der Waals surface area contributed by atoms with Crippen molar-refractivity contribution in [3.05, 3.63) is 71.6 Å². The fourth-order valence-corrected chi connectivity index (χ4v) is 4.11. The van der Waals surface area contributed by atoms with Crippen molar-refractivity contribution < 1.29 is 13.5 Å². The molecule has 3 heterocycles. The Morgan fingerprint density at radius 2 is 1.87 bits per heavy atom. The smallest absolute Gasteiger partial charge is 0.198 e. The van der Waals surface area contributed by atoms with Crippen molar-refractivity contribution in [1.29, 1.82) is 0 Å². The van der Waals surface area contributed by atoms with E-state index in [4.69, 9.17) is 10.5 Å². The molecule has 5 rings (SSSR count). The van der Waals surface area contributed by atoms with Gasteiger partial charge < -0.3 is 15.8 Å². The molecule has 2 aliphatic rings. The van der Waals surface area contributed by atoms with Crippen LogP contribution in [0.1, 0.15) is 30.0 Å². The minimum atomic E-state index is -0.753. The van der Waals surface area contributed by atoms with Crippen LogP contribution in [0.4, 0.5) is 20.4 Å². The molecule has 3 aromatic rings. The molecule has 9 heteroatoms. The summed E-state index contributed by atoms with van der Waals surface area (Å²) in [6, 6.07) is 10.7. The topological polar surface area (TPSA) is 88.3 Å². The summed E-state index contributed by atoms with van der Waals surface area (Å²) in [7, 11) is 0. The normalized spacial score (nSPS) is 20.1. The number of nitrogens with two attached hydrogens (primary N) is 1. The van der Waals surface area contributed by atoms with Crippen LogP contribution in [-0.2, 0) is 0 Å². The number of ether oxygens (including phenoxy) is 1. The third kappa shape index (κ3) is 3.77. The van der Waals surface area contributed by atoms with E-state index in [2.05, 4.69) is 20.7 Å². The van der Waals surface area contributed by atoms with Crippen molar-refractivity contribution >= 4 is 11.6 Å². The number of hydrogen-bond donors (Lipinski definition) is 3. The SMILES string of the molecule is Nc1ncnc2c1C(c1ccc(Oc3c(F)cccc3F)cc1)NN2C[C@H]1CCCN1. The number of fused-ring (bicyclic) bond motifs is 1. The van der Waals surface area contributed by atoms with Crippen molar-refractivity contribution in [2.75, 3.05) is 23.8 Å². The molecule has 0 radical (unpaired) electrons. The molecule has 7 nitrogen and oxygen atoms in total. The average molecular weight is 424 g/mol. The Labute approximate surface area is 178 Å². The lowest BCUT2D eigenvalue weighted by atomic mass is 10.0. The van der Waals surface area contributed by atoms with Crippen LogP contribution in [0.25, 0.3) is 0 Å². The van der Waals surface area contributed by atoms with Gasteiger partial charge >= 0.3 is 0 Å². The Morgan fingerprint density at radius 3 is 2.58 bits per heavy atom. The summed E-state index contributed by atoms with van der Waals surface area (Å²) in [6.07, 6.45) is 3.73. The van der Waals surface area contributed by atoms with Gasteiger partial charge in [0.15, 0.2) is 23.2 Å². The molecule has 2 aromatic carbocycles. The molecule has 4 N–H and O–H groups in total. The van der Waals surface area contributed by atoms with E-state index < -0.39 is 17.4 Å². The van der Waals surface area contributed by atoms with Gasteiger partial charge in [0.25, 0.3) is 0 Å². The summed E-state index contributed by atoms with van der Waals surface area (Å²) < 4.78 is 33.2. The number of aromatic nitrogens is 2. The van der Waals surface area contributed by atoms with Gasteiger partial charge in [-0.05, 0) is 49.2 Å². The third-order valence-corrected chi connectivity index (χ3v) is 5.64. The molecule has 0 spiro atoms. The first-order valence-electron chi connectivity index (χ1n) is 10.2. The fraction of sp³-hybridized carbons (Fsp3) is 0.273. The van der Waals surface area contributed by atoms with E-state index in [1.54, 1.807) is 12.1 Å². The highest BCUT2D eigenvalue weighted by atomic mass is 19.1. The van der Waals surface area contributed by atoms with E-state index in [9.17, 15) is 8.78 Å². The Hall–Kier alpha value is -3.30. The number of nitrogens with zero attached hydrogens (tertiary/aromatic N) is 3. The van der Waals surface area contributed by atoms with Crippen LogP contribution < -0.4 is 26.2 Å². The van der Waals surface area contributed by atoms with Crippen LogP contribution in [0.15, 0.2) is 48.8 Å². The average Bonchev–Trinajstić information content (AvgIpc) is 3.41. The second-order valence-corrected chi connectivity index (χ2v) is 7.68. The number of nitrogen functional groups attached to an aromatic ring is 1. The Morgan fingerprint density at radius 1 is 1.10 bits per heavy atom. The third-order valence-electron chi connectivity index (χ3n) is 5.64. The maximum Gasteiger partial charge on any atom is 0.198 e. The molecular formula is C22H22F2N6O. The van der Waals surface area contributed by atoms with E-state index in [0.717, 1.165) is 55.0 Å². The summed E-state index contributed by atoms with van der Waals surface area (Å²) in [6.45, 7) is 1.78. The highest BCUT2D eigenvalue weighted by molar-refractivity contribution is 5.64. The maximum atomic E-state index is 13.9. The number of anilines is 2. The minimum absolute atomic E-state index is 0.239. The molecule has 0 amide bonds. The molecule has 1 unspecified atom stereocenters. The van der Waals surface area contributed by atoms with Gasteiger partial charge in [0.2, 0.25) is 0 Å².